The molecule has 1 unspecified atom stereocenters. The summed E-state index contributed by atoms with van der Waals surface area (Å²) in [5.74, 6) is -0.512. The Morgan fingerprint density at radius 1 is 1.16 bits per heavy atom. The van der Waals surface area contributed by atoms with Gasteiger partial charge < -0.3 is 9.47 Å². The second kappa shape index (κ2) is 9.56. The highest BCUT2D eigenvalue weighted by Crippen LogP contribution is 2.17. The van der Waals surface area contributed by atoms with E-state index in [1.54, 1.807) is 7.11 Å². The van der Waals surface area contributed by atoms with E-state index in [1.807, 2.05) is 30.3 Å². The van der Waals surface area contributed by atoms with Crippen LogP contribution in [-0.4, -0.2) is 26.3 Å². The van der Waals surface area contributed by atoms with Crippen LogP contribution in [0.5, 0.6) is 0 Å². The third-order valence-corrected chi connectivity index (χ3v) is 3.06. The van der Waals surface area contributed by atoms with E-state index < -0.39 is 0 Å². The average Bonchev–Trinajstić information content (AvgIpc) is 2.45. The van der Waals surface area contributed by atoms with Gasteiger partial charge in [0.25, 0.3) is 0 Å². The molecule has 3 heteroatoms. The zero-order chi connectivity index (χ0) is 13.9. The Kier molecular flexibility index (Phi) is 7.91. The molecule has 0 saturated heterocycles. The Morgan fingerprint density at radius 3 is 2.53 bits per heavy atom. The minimum absolute atomic E-state index is 0.190. The SMILES string of the molecule is CCCCCCOC(=O)C(COC)c1ccccc1. The highest BCUT2D eigenvalue weighted by molar-refractivity contribution is 5.78. The van der Waals surface area contributed by atoms with Crippen molar-refractivity contribution in [3.05, 3.63) is 35.9 Å². The molecule has 1 aromatic carbocycles. The summed E-state index contributed by atoms with van der Waals surface area (Å²) >= 11 is 0. The van der Waals surface area contributed by atoms with Crippen molar-refractivity contribution in [2.75, 3.05) is 20.3 Å². The van der Waals surface area contributed by atoms with Crippen LogP contribution in [0.3, 0.4) is 0 Å². The van der Waals surface area contributed by atoms with Crippen LogP contribution in [0.4, 0.5) is 0 Å². The van der Waals surface area contributed by atoms with Crippen LogP contribution >= 0.6 is 0 Å². The average molecular weight is 264 g/mol. The summed E-state index contributed by atoms with van der Waals surface area (Å²) in [5.41, 5.74) is 0.947. The number of ether oxygens (including phenoxy) is 2. The van der Waals surface area contributed by atoms with Crippen molar-refractivity contribution in [1.29, 1.82) is 0 Å². The van der Waals surface area contributed by atoms with Crippen LogP contribution in [-0.2, 0) is 14.3 Å². The van der Waals surface area contributed by atoms with Crippen LogP contribution < -0.4 is 0 Å². The zero-order valence-electron chi connectivity index (χ0n) is 11.9. The molecule has 0 N–H and O–H groups in total. The van der Waals surface area contributed by atoms with E-state index in [4.69, 9.17) is 9.47 Å². The van der Waals surface area contributed by atoms with Gasteiger partial charge in [-0.2, -0.15) is 0 Å². The monoisotopic (exact) mass is 264 g/mol. The van der Waals surface area contributed by atoms with Gasteiger partial charge in [-0.3, -0.25) is 4.79 Å². The predicted molar refractivity (Wildman–Crippen MR) is 76.2 cm³/mol. The van der Waals surface area contributed by atoms with Crippen molar-refractivity contribution < 1.29 is 14.3 Å². The standard InChI is InChI=1S/C16H24O3/c1-3-4-5-9-12-19-16(17)15(13-18-2)14-10-7-6-8-11-14/h6-8,10-11,15H,3-5,9,12-13H2,1-2H3. The van der Waals surface area contributed by atoms with Gasteiger partial charge in [0, 0.05) is 7.11 Å². The van der Waals surface area contributed by atoms with Gasteiger partial charge in [0.2, 0.25) is 0 Å². The first-order valence-electron chi connectivity index (χ1n) is 7.00. The molecule has 0 radical (unpaired) electrons. The first-order chi connectivity index (χ1) is 9.29. The second-order valence-corrected chi connectivity index (χ2v) is 4.65. The molecule has 0 bridgehead atoms. The Balaban J connectivity index is 2.45. The smallest absolute Gasteiger partial charge is 0.315 e. The first-order valence-corrected chi connectivity index (χ1v) is 7.00. The van der Waals surface area contributed by atoms with Crippen molar-refractivity contribution in [1.82, 2.24) is 0 Å². The summed E-state index contributed by atoms with van der Waals surface area (Å²) in [6.45, 7) is 3.03. The summed E-state index contributed by atoms with van der Waals surface area (Å²) in [7, 11) is 1.60. The summed E-state index contributed by atoms with van der Waals surface area (Å²) in [6, 6.07) is 9.65. The van der Waals surface area contributed by atoms with Gasteiger partial charge in [-0.15, -0.1) is 0 Å². The second-order valence-electron chi connectivity index (χ2n) is 4.65. The molecule has 106 valence electrons. The molecule has 3 nitrogen and oxygen atoms in total. The van der Waals surface area contributed by atoms with Gasteiger partial charge in [-0.05, 0) is 12.0 Å². The fourth-order valence-electron chi connectivity index (χ4n) is 1.95. The number of methoxy groups -OCH3 is 1. The maximum absolute atomic E-state index is 12.1. The van der Waals surface area contributed by atoms with Crippen molar-refractivity contribution >= 4 is 5.97 Å². The van der Waals surface area contributed by atoms with E-state index in [1.165, 1.54) is 12.8 Å². The number of esters is 1. The van der Waals surface area contributed by atoms with Gasteiger partial charge in [0.05, 0.1) is 13.2 Å². The molecule has 1 aromatic rings. The number of benzene rings is 1. The molecule has 1 atom stereocenters. The fraction of sp³-hybridized carbons (Fsp3) is 0.562. The highest BCUT2D eigenvalue weighted by atomic mass is 16.5. The lowest BCUT2D eigenvalue weighted by Gasteiger charge is -2.15. The minimum Gasteiger partial charge on any atom is -0.465 e. The first kappa shape index (κ1) is 15.7. The number of carbonyl (C=O) groups is 1. The van der Waals surface area contributed by atoms with Gasteiger partial charge in [-0.25, -0.2) is 0 Å². The topological polar surface area (TPSA) is 35.5 Å². The molecule has 0 amide bonds. The van der Waals surface area contributed by atoms with Crippen molar-refractivity contribution in [3.63, 3.8) is 0 Å². The normalized spacial score (nSPS) is 12.1. The van der Waals surface area contributed by atoms with E-state index in [-0.39, 0.29) is 11.9 Å². The number of hydrogen-bond acceptors (Lipinski definition) is 3. The lowest BCUT2D eigenvalue weighted by atomic mass is 10.0. The number of hydrogen-bond donors (Lipinski definition) is 0. The molecule has 1 rings (SSSR count). The fourth-order valence-corrected chi connectivity index (χ4v) is 1.95. The van der Waals surface area contributed by atoms with Crippen molar-refractivity contribution in [2.24, 2.45) is 0 Å². The van der Waals surface area contributed by atoms with Crippen LogP contribution in [0.1, 0.15) is 44.1 Å². The Hall–Kier alpha value is -1.35. The Labute approximate surface area is 115 Å². The molecule has 0 saturated carbocycles. The van der Waals surface area contributed by atoms with Crippen molar-refractivity contribution in [2.45, 2.75) is 38.5 Å². The minimum atomic E-state index is -0.322. The lowest BCUT2D eigenvalue weighted by molar-refractivity contribution is -0.146. The van der Waals surface area contributed by atoms with E-state index in [0.717, 1.165) is 18.4 Å². The van der Waals surface area contributed by atoms with Crippen molar-refractivity contribution in [3.8, 4) is 0 Å². The maximum atomic E-state index is 12.1. The molecule has 0 heterocycles. The summed E-state index contributed by atoms with van der Waals surface area (Å²) < 4.78 is 10.5. The number of rotatable bonds is 9. The Morgan fingerprint density at radius 2 is 1.89 bits per heavy atom. The Bertz CT molecular complexity index is 348. The van der Waals surface area contributed by atoms with E-state index in [0.29, 0.717) is 13.2 Å². The molecule has 19 heavy (non-hydrogen) atoms. The van der Waals surface area contributed by atoms with Crippen LogP contribution in [0.25, 0.3) is 0 Å². The van der Waals surface area contributed by atoms with E-state index in [9.17, 15) is 4.79 Å². The zero-order valence-corrected chi connectivity index (χ0v) is 11.9. The number of unbranched alkanes of at least 4 members (excludes halogenated alkanes) is 3. The summed E-state index contributed by atoms with van der Waals surface area (Å²) in [5, 5.41) is 0. The van der Waals surface area contributed by atoms with E-state index >= 15 is 0 Å². The molecular formula is C16H24O3. The van der Waals surface area contributed by atoms with Crippen LogP contribution in [0, 0.1) is 0 Å². The molecule has 0 spiro atoms. The largest absolute Gasteiger partial charge is 0.465 e. The summed E-state index contributed by atoms with van der Waals surface area (Å²) in [4.78, 5) is 12.1. The van der Waals surface area contributed by atoms with Crippen LogP contribution in [0.15, 0.2) is 30.3 Å². The molecule has 0 aliphatic rings. The lowest BCUT2D eigenvalue weighted by Crippen LogP contribution is -2.20. The molecular weight excluding hydrogens is 240 g/mol. The van der Waals surface area contributed by atoms with Gasteiger partial charge in [0.1, 0.15) is 5.92 Å². The molecule has 0 aliphatic heterocycles. The molecule has 0 aliphatic carbocycles. The quantitative estimate of drug-likeness (QED) is 0.505. The third-order valence-electron chi connectivity index (χ3n) is 3.06. The number of carbonyl (C=O) groups excluding carboxylic acids is 1. The van der Waals surface area contributed by atoms with Crippen LogP contribution in [0.2, 0.25) is 0 Å². The van der Waals surface area contributed by atoms with Gasteiger partial charge in [-0.1, -0.05) is 56.5 Å². The molecule has 0 fully saturated rings. The van der Waals surface area contributed by atoms with Gasteiger partial charge >= 0.3 is 5.97 Å². The predicted octanol–water partition coefficient (Wildman–Crippen LogP) is 3.54. The van der Waals surface area contributed by atoms with Gasteiger partial charge in [0.15, 0.2) is 0 Å². The third kappa shape index (κ3) is 5.88. The summed E-state index contributed by atoms with van der Waals surface area (Å²) in [6.07, 6.45) is 4.43. The highest BCUT2D eigenvalue weighted by Gasteiger charge is 2.21. The molecule has 0 aromatic heterocycles. The maximum Gasteiger partial charge on any atom is 0.315 e. The van der Waals surface area contributed by atoms with E-state index in [2.05, 4.69) is 6.92 Å².